The van der Waals surface area contributed by atoms with Crippen LogP contribution in [0.2, 0.25) is 5.02 Å². The van der Waals surface area contributed by atoms with Crippen LogP contribution in [0.25, 0.3) is 0 Å². The first-order valence-electron chi connectivity index (χ1n) is 9.30. The lowest BCUT2D eigenvalue weighted by atomic mass is 9.83. The van der Waals surface area contributed by atoms with Crippen molar-refractivity contribution in [2.75, 3.05) is 13.1 Å². The quantitative estimate of drug-likeness (QED) is 0.682. The molecule has 0 saturated carbocycles. The summed E-state index contributed by atoms with van der Waals surface area (Å²) in [6.07, 6.45) is 0.133. The number of benzene rings is 1. The molecular formula is C20H19Cl4N3O2. The molecule has 2 aliphatic rings. The lowest BCUT2D eigenvalue weighted by Gasteiger charge is -2.47. The summed E-state index contributed by atoms with van der Waals surface area (Å²) in [7, 11) is 0. The fourth-order valence-corrected chi connectivity index (χ4v) is 5.17. The van der Waals surface area contributed by atoms with Gasteiger partial charge < -0.3 is 9.88 Å². The van der Waals surface area contributed by atoms with E-state index in [1.54, 1.807) is 36.4 Å². The molecule has 154 valence electrons. The van der Waals surface area contributed by atoms with Gasteiger partial charge >= 0.3 is 0 Å². The number of hydrogen-bond donors (Lipinski definition) is 1. The van der Waals surface area contributed by atoms with Gasteiger partial charge in [0.1, 0.15) is 6.17 Å². The normalized spacial score (nSPS) is 22.6. The highest BCUT2D eigenvalue weighted by molar-refractivity contribution is 6.68. The minimum atomic E-state index is -1.74. The van der Waals surface area contributed by atoms with E-state index in [-0.39, 0.29) is 17.4 Å². The Morgan fingerprint density at radius 1 is 1.07 bits per heavy atom. The molecule has 1 saturated heterocycles. The Hall–Kier alpha value is -1.24. The van der Waals surface area contributed by atoms with Crippen LogP contribution >= 0.6 is 46.4 Å². The van der Waals surface area contributed by atoms with E-state index in [1.807, 2.05) is 15.5 Å². The van der Waals surface area contributed by atoms with Gasteiger partial charge in [-0.05, 0) is 30.5 Å². The molecule has 9 heteroatoms. The van der Waals surface area contributed by atoms with Gasteiger partial charge in [-0.3, -0.25) is 14.5 Å². The number of likely N-dealkylation sites (tertiary alicyclic amines) is 1. The van der Waals surface area contributed by atoms with Crippen LogP contribution in [-0.2, 0) is 6.54 Å². The zero-order valence-electron chi connectivity index (χ0n) is 15.3. The average Bonchev–Trinajstić information content (AvgIpc) is 2.66. The van der Waals surface area contributed by atoms with Crippen LogP contribution in [0.3, 0.4) is 0 Å². The monoisotopic (exact) mass is 473 g/mol. The van der Waals surface area contributed by atoms with Gasteiger partial charge in [-0.2, -0.15) is 0 Å². The number of halogens is 4. The minimum absolute atomic E-state index is 0.00981. The zero-order valence-corrected chi connectivity index (χ0v) is 18.3. The van der Waals surface area contributed by atoms with Crippen molar-refractivity contribution in [1.29, 1.82) is 0 Å². The van der Waals surface area contributed by atoms with Crippen LogP contribution in [0, 0.1) is 5.92 Å². The smallest absolute Gasteiger partial charge is 0.254 e. The summed E-state index contributed by atoms with van der Waals surface area (Å²) >= 11 is 25.0. The van der Waals surface area contributed by atoms with Gasteiger partial charge in [-0.15, -0.1) is 0 Å². The van der Waals surface area contributed by atoms with Gasteiger partial charge in [-0.1, -0.05) is 64.6 Å². The van der Waals surface area contributed by atoms with Gasteiger partial charge in [-0.25, -0.2) is 0 Å². The number of amides is 1. The van der Waals surface area contributed by atoms with Crippen LogP contribution in [0.1, 0.15) is 28.4 Å². The van der Waals surface area contributed by atoms with Crippen molar-refractivity contribution in [3.8, 4) is 0 Å². The summed E-state index contributed by atoms with van der Waals surface area (Å²) in [5, 5.41) is 3.18. The van der Waals surface area contributed by atoms with Gasteiger partial charge in [0.25, 0.3) is 11.5 Å². The summed E-state index contributed by atoms with van der Waals surface area (Å²) < 4.78 is 0.0990. The second-order valence-electron chi connectivity index (χ2n) is 7.55. The summed E-state index contributed by atoms with van der Waals surface area (Å²) in [6.45, 7) is 1.80. The Labute approximate surface area is 188 Å². The molecule has 0 radical (unpaired) electrons. The highest BCUT2D eigenvalue weighted by Gasteiger charge is 2.44. The first-order valence-corrected chi connectivity index (χ1v) is 10.8. The Morgan fingerprint density at radius 2 is 1.83 bits per heavy atom. The molecule has 0 spiro atoms. The predicted octanol–water partition coefficient (Wildman–Crippen LogP) is 4.05. The molecule has 1 amide bonds. The number of aromatic nitrogens is 1. The second-order valence-corrected chi connectivity index (χ2v) is 10.3. The lowest BCUT2D eigenvalue weighted by Crippen LogP contribution is -2.60. The molecule has 1 fully saturated rings. The van der Waals surface area contributed by atoms with Crippen molar-refractivity contribution >= 4 is 52.3 Å². The van der Waals surface area contributed by atoms with E-state index in [1.165, 1.54) is 0 Å². The lowest BCUT2D eigenvalue weighted by molar-refractivity contribution is 0.0586. The molecule has 0 aliphatic carbocycles. The second kappa shape index (κ2) is 8.12. The summed E-state index contributed by atoms with van der Waals surface area (Å²) in [5.41, 5.74) is 1.32. The molecule has 3 heterocycles. The molecule has 0 unspecified atom stereocenters. The molecule has 1 N–H and O–H groups in total. The van der Waals surface area contributed by atoms with E-state index in [2.05, 4.69) is 5.32 Å². The van der Waals surface area contributed by atoms with E-state index in [0.717, 1.165) is 12.1 Å². The van der Waals surface area contributed by atoms with Crippen LogP contribution < -0.4 is 10.9 Å². The number of rotatable bonds is 3. The third kappa shape index (κ3) is 4.30. The summed E-state index contributed by atoms with van der Waals surface area (Å²) in [4.78, 5) is 27.0. The maximum absolute atomic E-state index is 12.8. The van der Waals surface area contributed by atoms with Crippen molar-refractivity contribution < 1.29 is 4.79 Å². The molecule has 2 aromatic rings. The number of nitrogens with zero attached hydrogens (tertiary/aromatic N) is 2. The van der Waals surface area contributed by atoms with Crippen LogP contribution in [-0.4, -0.2) is 38.4 Å². The van der Waals surface area contributed by atoms with Crippen LogP contribution in [0.5, 0.6) is 0 Å². The van der Waals surface area contributed by atoms with Crippen LogP contribution in [0.15, 0.2) is 47.3 Å². The Balaban J connectivity index is 1.60. The molecule has 2 bridgehead atoms. The van der Waals surface area contributed by atoms with Crippen LogP contribution in [0.4, 0.5) is 0 Å². The van der Waals surface area contributed by atoms with E-state index in [4.69, 9.17) is 46.4 Å². The zero-order chi connectivity index (χ0) is 20.8. The Bertz CT molecular complexity index is 988. The number of alkyl halides is 3. The minimum Gasteiger partial charge on any atom is -0.332 e. The van der Waals surface area contributed by atoms with E-state index in [9.17, 15) is 9.59 Å². The van der Waals surface area contributed by atoms with Crippen molar-refractivity contribution in [3.05, 3.63) is 69.1 Å². The molecule has 29 heavy (non-hydrogen) atoms. The standard InChI is InChI=1S/C20H19Cl4N3O2/c21-15-5-2-1-4-14(15)18(29)25-19(20(22,23)24)26-9-12-8-13(11-26)16-6-3-7-17(28)27(16)10-12/h1-7,12-13,19H,8-11H2,(H,25,29)/t12-,13+,19+/m0/s1. The number of nitrogens with one attached hydrogen (secondary N) is 1. The van der Waals surface area contributed by atoms with Gasteiger partial charge in [0.2, 0.25) is 3.79 Å². The molecule has 4 rings (SSSR count). The molecule has 2 aliphatic heterocycles. The van der Waals surface area contributed by atoms with Crippen molar-refractivity contribution in [3.63, 3.8) is 0 Å². The van der Waals surface area contributed by atoms with Crippen molar-refractivity contribution in [2.24, 2.45) is 5.92 Å². The SMILES string of the molecule is O=C(N[C@H](N1C[C@@H]2C[C@H](C1)c1cccc(=O)n1C2)C(Cl)(Cl)Cl)c1ccccc1Cl. The average molecular weight is 475 g/mol. The third-order valence-corrected chi connectivity index (χ3v) is 6.52. The third-order valence-electron chi connectivity index (χ3n) is 5.57. The van der Waals surface area contributed by atoms with E-state index < -0.39 is 15.9 Å². The number of carbonyl (C=O) groups excluding carboxylic acids is 1. The fraction of sp³-hybridized carbons (Fsp3) is 0.400. The molecule has 1 aromatic heterocycles. The van der Waals surface area contributed by atoms with E-state index in [0.29, 0.717) is 30.2 Å². The van der Waals surface area contributed by atoms with E-state index >= 15 is 0 Å². The molecule has 5 nitrogen and oxygen atoms in total. The van der Waals surface area contributed by atoms with Crippen molar-refractivity contribution in [2.45, 2.75) is 28.8 Å². The van der Waals surface area contributed by atoms with Crippen molar-refractivity contribution in [1.82, 2.24) is 14.8 Å². The van der Waals surface area contributed by atoms with Gasteiger partial charge in [0.05, 0.1) is 10.6 Å². The highest BCUT2D eigenvalue weighted by atomic mass is 35.6. The Kier molecular flexibility index (Phi) is 5.88. The Morgan fingerprint density at radius 3 is 2.55 bits per heavy atom. The maximum Gasteiger partial charge on any atom is 0.254 e. The largest absolute Gasteiger partial charge is 0.332 e. The summed E-state index contributed by atoms with van der Waals surface area (Å²) in [6, 6.07) is 12.1. The number of piperidine rings is 1. The summed E-state index contributed by atoms with van der Waals surface area (Å²) in [5.74, 6) is -0.0452. The number of hydrogen-bond acceptors (Lipinski definition) is 3. The first kappa shape index (κ1) is 21.0. The van der Waals surface area contributed by atoms with Gasteiger partial charge in [0, 0.05) is 37.3 Å². The molecule has 1 aromatic carbocycles. The highest BCUT2D eigenvalue weighted by Crippen LogP contribution is 2.40. The molecule has 3 atom stereocenters. The maximum atomic E-state index is 12.8. The number of pyridine rings is 1. The first-order chi connectivity index (χ1) is 13.7. The topological polar surface area (TPSA) is 54.3 Å². The fourth-order valence-electron chi connectivity index (χ4n) is 4.37. The predicted molar refractivity (Wildman–Crippen MR) is 116 cm³/mol. The number of fused-ring (bicyclic) bond motifs is 4. The molecular weight excluding hydrogens is 456 g/mol. The number of carbonyl (C=O) groups is 1. The van der Waals surface area contributed by atoms with Gasteiger partial charge in [0.15, 0.2) is 0 Å².